The van der Waals surface area contributed by atoms with Gasteiger partial charge in [0.15, 0.2) is 0 Å². The monoisotopic (exact) mass is 249 g/mol. The standard InChI is InChI=1S/C13H23N5/c1-13(2,3)10-7-11(17-12(14)16-10)15-9-5-6-18(4)8-9/h7,9H,5-6,8H2,1-4H3,(H3,14,15,16,17). The van der Waals surface area contributed by atoms with Crippen molar-refractivity contribution in [3.05, 3.63) is 11.8 Å². The van der Waals surface area contributed by atoms with Gasteiger partial charge in [-0.3, -0.25) is 0 Å². The van der Waals surface area contributed by atoms with E-state index >= 15 is 0 Å². The highest BCUT2D eigenvalue weighted by Crippen LogP contribution is 2.23. The largest absolute Gasteiger partial charge is 0.368 e. The van der Waals surface area contributed by atoms with E-state index in [1.165, 1.54) is 0 Å². The lowest BCUT2D eigenvalue weighted by Crippen LogP contribution is -2.25. The van der Waals surface area contributed by atoms with Crippen LogP contribution in [0.1, 0.15) is 32.9 Å². The molecule has 0 radical (unpaired) electrons. The summed E-state index contributed by atoms with van der Waals surface area (Å²) in [4.78, 5) is 10.9. The molecule has 1 unspecified atom stereocenters. The molecule has 0 aromatic carbocycles. The molecule has 2 heterocycles. The number of aromatic nitrogens is 2. The lowest BCUT2D eigenvalue weighted by molar-refractivity contribution is 0.414. The summed E-state index contributed by atoms with van der Waals surface area (Å²) in [5.74, 6) is 1.18. The molecule has 2 rings (SSSR count). The normalized spacial score (nSPS) is 21.2. The van der Waals surface area contributed by atoms with E-state index in [4.69, 9.17) is 5.73 Å². The third-order valence-corrected chi connectivity index (χ3v) is 3.26. The first kappa shape index (κ1) is 13.1. The van der Waals surface area contributed by atoms with E-state index in [0.717, 1.165) is 31.0 Å². The van der Waals surface area contributed by atoms with Gasteiger partial charge in [0.2, 0.25) is 5.95 Å². The fraction of sp³-hybridized carbons (Fsp3) is 0.692. The summed E-state index contributed by atoms with van der Waals surface area (Å²) in [5, 5.41) is 3.45. The summed E-state index contributed by atoms with van der Waals surface area (Å²) in [6.07, 6.45) is 1.14. The Morgan fingerprint density at radius 1 is 1.39 bits per heavy atom. The second kappa shape index (κ2) is 4.72. The highest BCUT2D eigenvalue weighted by molar-refractivity contribution is 5.43. The van der Waals surface area contributed by atoms with Gasteiger partial charge in [-0.25, -0.2) is 4.98 Å². The smallest absolute Gasteiger partial charge is 0.222 e. The molecule has 0 bridgehead atoms. The van der Waals surface area contributed by atoms with E-state index in [1.807, 2.05) is 6.07 Å². The molecule has 3 N–H and O–H groups in total. The van der Waals surface area contributed by atoms with Crippen LogP contribution in [0.5, 0.6) is 0 Å². The van der Waals surface area contributed by atoms with Gasteiger partial charge in [-0.1, -0.05) is 20.8 Å². The predicted octanol–water partition coefficient (Wildman–Crippen LogP) is 1.47. The summed E-state index contributed by atoms with van der Waals surface area (Å²) >= 11 is 0. The van der Waals surface area contributed by atoms with Crippen LogP contribution in [0.2, 0.25) is 0 Å². The van der Waals surface area contributed by atoms with Crippen molar-refractivity contribution in [1.29, 1.82) is 0 Å². The van der Waals surface area contributed by atoms with Crippen LogP contribution in [-0.2, 0) is 5.41 Å². The molecule has 18 heavy (non-hydrogen) atoms. The number of hydrogen-bond donors (Lipinski definition) is 2. The van der Waals surface area contributed by atoms with Crippen molar-refractivity contribution in [2.75, 3.05) is 31.2 Å². The van der Waals surface area contributed by atoms with Crippen LogP contribution in [0.15, 0.2) is 6.07 Å². The SMILES string of the molecule is CN1CCC(Nc2cc(C(C)(C)C)nc(N)n2)C1. The molecule has 5 nitrogen and oxygen atoms in total. The number of likely N-dealkylation sites (N-methyl/N-ethyl adjacent to an activating group) is 1. The van der Waals surface area contributed by atoms with Gasteiger partial charge in [0.05, 0.1) is 5.69 Å². The van der Waals surface area contributed by atoms with Gasteiger partial charge >= 0.3 is 0 Å². The first-order chi connectivity index (χ1) is 8.34. The first-order valence-corrected chi connectivity index (χ1v) is 6.45. The zero-order chi connectivity index (χ0) is 13.3. The molecular weight excluding hydrogens is 226 g/mol. The van der Waals surface area contributed by atoms with E-state index in [1.54, 1.807) is 0 Å². The highest BCUT2D eigenvalue weighted by Gasteiger charge is 2.21. The predicted molar refractivity (Wildman–Crippen MR) is 74.7 cm³/mol. The second-order valence-corrected chi connectivity index (χ2v) is 6.14. The molecule has 1 saturated heterocycles. The number of anilines is 2. The van der Waals surface area contributed by atoms with Crippen LogP contribution in [0.4, 0.5) is 11.8 Å². The van der Waals surface area contributed by atoms with Crippen molar-refractivity contribution in [2.45, 2.75) is 38.6 Å². The molecule has 100 valence electrons. The molecule has 1 aliphatic rings. The Labute approximate surface area is 109 Å². The summed E-state index contributed by atoms with van der Waals surface area (Å²) in [7, 11) is 2.14. The summed E-state index contributed by atoms with van der Waals surface area (Å²) < 4.78 is 0. The summed E-state index contributed by atoms with van der Waals surface area (Å²) in [6.45, 7) is 8.56. The minimum Gasteiger partial charge on any atom is -0.368 e. The summed E-state index contributed by atoms with van der Waals surface area (Å²) in [6, 6.07) is 2.46. The zero-order valence-electron chi connectivity index (χ0n) is 11.7. The van der Waals surface area contributed by atoms with Crippen molar-refractivity contribution in [2.24, 2.45) is 0 Å². The van der Waals surface area contributed by atoms with Gasteiger partial charge in [-0.05, 0) is 20.0 Å². The number of nitrogen functional groups attached to an aromatic ring is 1. The molecule has 0 spiro atoms. The van der Waals surface area contributed by atoms with Crippen LogP contribution in [0.3, 0.4) is 0 Å². The average molecular weight is 249 g/mol. The van der Waals surface area contributed by atoms with Crippen molar-refractivity contribution in [1.82, 2.24) is 14.9 Å². The minimum absolute atomic E-state index is 0.0139. The van der Waals surface area contributed by atoms with Gasteiger partial charge in [0, 0.05) is 24.1 Å². The van der Waals surface area contributed by atoms with Gasteiger partial charge in [0.25, 0.3) is 0 Å². The Kier molecular flexibility index (Phi) is 3.43. The highest BCUT2D eigenvalue weighted by atomic mass is 15.2. The number of likely N-dealkylation sites (tertiary alicyclic amines) is 1. The van der Waals surface area contributed by atoms with E-state index in [0.29, 0.717) is 12.0 Å². The summed E-state index contributed by atoms with van der Waals surface area (Å²) in [5.41, 5.74) is 6.75. The number of nitrogens with one attached hydrogen (secondary N) is 1. The number of nitrogens with two attached hydrogens (primary N) is 1. The maximum absolute atomic E-state index is 5.79. The number of nitrogens with zero attached hydrogens (tertiary/aromatic N) is 3. The molecule has 0 amide bonds. The Bertz CT molecular complexity index is 424. The molecule has 1 aliphatic heterocycles. The van der Waals surface area contributed by atoms with Crippen LogP contribution >= 0.6 is 0 Å². The maximum Gasteiger partial charge on any atom is 0.222 e. The van der Waals surface area contributed by atoms with Gasteiger partial charge in [-0.2, -0.15) is 4.98 Å². The molecule has 1 atom stereocenters. The van der Waals surface area contributed by atoms with Crippen molar-refractivity contribution in [3.63, 3.8) is 0 Å². The molecule has 1 aromatic rings. The maximum atomic E-state index is 5.79. The van der Waals surface area contributed by atoms with Gasteiger partial charge < -0.3 is 16.0 Å². The molecule has 5 heteroatoms. The lowest BCUT2D eigenvalue weighted by Gasteiger charge is -2.20. The van der Waals surface area contributed by atoms with E-state index in [9.17, 15) is 0 Å². The van der Waals surface area contributed by atoms with Crippen molar-refractivity contribution >= 4 is 11.8 Å². The fourth-order valence-corrected chi connectivity index (χ4v) is 2.19. The Morgan fingerprint density at radius 3 is 2.67 bits per heavy atom. The number of hydrogen-bond acceptors (Lipinski definition) is 5. The Morgan fingerprint density at radius 2 is 2.11 bits per heavy atom. The Balaban J connectivity index is 2.15. The fourth-order valence-electron chi connectivity index (χ4n) is 2.19. The lowest BCUT2D eigenvalue weighted by atomic mass is 9.92. The topological polar surface area (TPSA) is 67.1 Å². The molecule has 1 fully saturated rings. The first-order valence-electron chi connectivity index (χ1n) is 6.45. The average Bonchev–Trinajstić information content (AvgIpc) is 2.61. The molecule has 0 saturated carbocycles. The minimum atomic E-state index is -0.0139. The number of rotatable bonds is 2. The quantitative estimate of drug-likeness (QED) is 0.831. The van der Waals surface area contributed by atoms with Crippen molar-refractivity contribution in [3.8, 4) is 0 Å². The Hall–Kier alpha value is -1.36. The molecule has 1 aromatic heterocycles. The van der Waals surface area contributed by atoms with Crippen LogP contribution in [0, 0.1) is 0 Å². The van der Waals surface area contributed by atoms with E-state index in [-0.39, 0.29) is 5.41 Å². The van der Waals surface area contributed by atoms with Crippen LogP contribution < -0.4 is 11.1 Å². The van der Waals surface area contributed by atoms with E-state index < -0.39 is 0 Å². The molecular formula is C13H23N5. The van der Waals surface area contributed by atoms with Crippen LogP contribution in [0.25, 0.3) is 0 Å². The second-order valence-electron chi connectivity index (χ2n) is 6.14. The van der Waals surface area contributed by atoms with E-state index in [2.05, 4.69) is 48.0 Å². The zero-order valence-corrected chi connectivity index (χ0v) is 11.7. The molecule has 0 aliphatic carbocycles. The third kappa shape index (κ3) is 3.10. The third-order valence-electron chi connectivity index (χ3n) is 3.26. The van der Waals surface area contributed by atoms with Gasteiger partial charge in [-0.15, -0.1) is 0 Å². The van der Waals surface area contributed by atoms with Crippen LogP contribution in [-0.4, -0.2) is 41.0 Å². The van der Waals surface area contributed by atoms with Gasteiger partial charge in [0.1, 0.15) is 5.82 Å². The van der Waals surface area contributed by atoms with Crippen molar-refractivity contribution < 1.29 is 0 Å².